The van der Waals surface area contributed by atoms with E-state index in [1.54, 1.807) is 18.2 Å². The molecule has 1 heterocycles. The van der Waals surface area contributed by atoms with Crippen molar-refractivity contribution in [2.45, 2.75) is 37.6 Å². The van der Waals surface area contributed by atoms with Crippen molar-refractivity contribution in [3.8, 4) is 0 Å². The van der Waals surface area contributed by atoms with Gasteiger partial charge in [0.2, 0.25) is 5.91 Å². The average molecular weight is 380 g/mol. The first kappa shape index (κ1) is 19.3. The molecule has 5 nitrogen and oxygen atoms in total. The largest absolute Gasteiger partial charge is 0.350 e. The maximum absolute atomic E-state index is 12.0. The zero-order chi connectivity index (χ0) is 18.6. The predicted molar refractivity (Wildman–Crippen MR) is 98.7 cm³/mol. The Labute approximate surface area is 152 Å². The summed E-state index contributed by atoms with van der Waals surface area (Å²) in [5.74, 6) is -0.236. The van der Waals surface area contributed by atoms with Gasteiger partial charge in [0.05, 0.1) is 15.8 Å². The van der Waals surface area contributed by atoms with E-state index in [2.05, 4.69) is 5.32 Å². The standard InChI is InChI=1S/C18H21NO4S2/c1-12-4-10-17(24-12)16(20)9-11-18(21)19-13(2)14-5-7-15(8-6-14)25(3,22)23/h4-8,10,13H,9,11H2,1-3H3,(H,19,21). The number of sulfone groups is 1. The number of thiophene rings is 1. The van der Waals surface area contributed by atoms with Crippen LogP contribution in [0.25, 0.3) is 0 Å². The number of nitrogens with one attached hydrogen (secondary N) is 1. The summed E-state index contributed by atoms with van der Waals surface area (Å²) in [7, 11) is -3.23. The lowest BCUT2D eigenvalue weighted by Gasteiger charge is -2.14. The maximum atomic E-state index is 12.0. The van der Waals surface area contributed by atoms with Crippen molar-refractivity contribution < 1.29 is 18.0 Å². The third-order valence-corrected chi connectivity index (χ3v) is 5.95. The number of ketones is 1. The second-order valence-corrected chi connectivity index (χ2v) is 9.27. The smallest absolute Gasteiger partial charge is 0.220 e. The fourth-order valence-electron chi connectivity index (χ4n) is 2.34. The second-order valence-electron chi connectivity index (χ2n) is 5.96. The Morgan fingerprint density at radius 2 is 1.72 bits per heavy atom. The molecule has 7 heteroatoms. The number of carbonyl (C=O) groups is 2. The lowest BCUT2D eigenvalue weighted by atomic mass is 10.1. The zero-order valence-corrected chi connectivity index (χ0v) is 16.0. The lowest BCUT2D eigenvalue weighted by Crippen LogP contribution is -2.26. The zero-order valence-electron chi connectivity index (χ0n) is 14.4. The monoisotopic (exact) mass is 379 g/mol. The van der Waals surface area contributed by atoms with Crippen molar-refractivity contribution in [3.05, 3.63) is 51.7 Å². The molecule has 2 aromatic rings. The highest BCUT2D eigenvalue weighted by atomic mass is 32.2. The lowest BCUT2D eigenvalue weighted by molar-refractivity contribution is -0.121. The number of hydrogen-bond acceptors (Lipinski definition) is 5. The van der Waals surface area contributed by atoms with Gasteiger partial charge >= 0.3 is 0 Å². The number of rotatable bonds is 7. The molecule has 0 fully saturated rings. The van der Waals surface area contributed by atoms with E-state index in [1.165, 1.54) is 23.5 Å². The Bertz CT molecular complexity index is 867. The third kappa shape index (κ3) is 5.51. The molecule has 1 aromatic heterocycles. The molecule has 1 N–H and O–H groups in total. The molecule has 0 saturated carbocycles. The number of aryl methyl sites for hydroxylation is 1. The number of hydrogen-bond donors (Lipinski definition) is 1. The van der Waals surface area contributed by atoms with E-state index in [0.717, 1.165) is 16.7 Å². The van der Waals surface area contributed by atoms with E-state index in [9.17, 15) is 18.0 Å². The van der Waals surface area contributed by atoms with Crippen LogP contribution in [0, 0.1) is 6.92 Å². The number of amides is 1. The summed E-state index contributed by atoms with van der Waals surface area (Å²) < 4.78 is 22.9. The van der Waals surface area contributed by atoms with E-state index in [1.807, 2.05) is 19.9 Å². The van der Waals surface area contributed by atoms with Crippen LogP contribution >= 0.6 is 11.3 Å². The molecule has 1 amide bonds. The van der Waals surface area contributed by atoms with Gasteiger partial charge in [0.15, 0.2) is 15.6 Å². The average Bonchev–Trinajstić information content (AvgIpc) is 2.98. The van der Waals surface area contributed by atoms with E-state index < -0.39 is 9.84 Å². The van der Waals surface area contributed by atoms with E-state index in [0.29, 0.717) is 4.88 Å². The first-order chi connectivity index (χ1) is 11.7. The second kappa shape index (κ2) is 7.93. The molecule has 134 valence electrons. The van der Waals surface area contributed by atoms with E-state index >= 15 is 0 Å². The van der Waals surface area contributed by atoms with Gasteiger partial charge in [-0.05, 0) is 43.7 Å². The Hall–Kier alpha value is -1.99. The summed E-state index contributed by atoms with van der Waals surface area (Å²) in [6.07, 6.45) is 1.45. The van der Waals surface area contributed by atoms with Crippen LogP contribution in [-0.4, -0.2) is 26.4 Å². The number of Topliss-reactive ketones (excluding diaryl/α,β-unsaturated/α-hetero) is 1. The number of carbonyl (C=O) groups excluding carboxylic acids is 2. The van der Waals surface area contributed by atoms with Crippen LogP contribution in [0.2, 0.25) is 0 Å². The molecule has 25 heavy (non-hydrogen) atoms. The van der Waals surface area contributed by atoms with Crippen LogP contribution in [0.1, 0.15) is 45.9 Å². The van der Waals surface area contributed by atoms with Crippen LogP contribution in [0.4, 0.5) is 0 Å². The molecule has 1 atom stereocenters. The molecule has 0 aliphatic rings. The van der Waals surface area contributed by atoms with E-state index in [-0.39, 0.29) is 35.5 Å². The van der Waals surface area contributed by atoms with Gasteiger partial charge in [-0.15, -0.1) is 11.3 Å². The van der Waals surface area contributed by atoms with Crippen LogP contribution in [0.15, 0.2) is 41.3 Å². The van der Waals surface area contributed by atoms with Crippen molar-refractivity contribution in [1.82, 2.24) is 5.32 Å². The highest BCUT2D eigenvalue weighted by Crippen LogP contribution is 2.19. The van der Waals surface area contributed by atoms with Gasteiger partial charge in [-0.1, -0.05) is 12.1 Å². The van der Waals surface area contributed by atoms with Crippen molar-refractivity contribution in [2.24, 2.45) is 0 Å². The highest BCUT2D eigenvalue weighted by Gasteiger charge is 2.14. The van der Waals surface area contributed by atoms with Gasteiger partial charge in [-0.2, -0.15) is 0 Å². The molecule has 0 spiro atoms. The van der Waals surface area contributed by atoms with Gasteiger partial charge < -0.3 is 5.32 Å². The van der Waals surface area contributed by atoms with Crippen molar-refractivity contribution in [1.29, 1.82) is 0 Å². The summed E-state index contributed by atoms with van der Waals surface area (Å²) in [6.45, 7) is 3.75. The molecule has 0 radical (unpaired) electrons. The van der Waals surface area contributed by atoms with Crippen molar-refractivity contribution in [2.75, 3.05) is 6.26 Å². The fraction of sp³-hybridized carbons (Fsp3) is 0.333. The third-order valence-electron chi connectivity index (χ3n) is 3.78. The minimum absolute atomic E-state index is 0.0293. The minimum Gasteiger partial charge on any atom is -0.350 e. The quantitative estimate of drug-likeness (QED) is 0.749. The molecule has 0 aliphatic carbocycles. The highest BCUT2D eigenvalue weighted by molar-refractivity contribution is 7.90. The summed E-state index contributed by atoms with van der Waals surface area (Å²) in [5, 5.41) is 2.83. The topological polar surface area (TPSA) is 80.3 Å². The normalized spacial score (nSPS) is 12.6. The maximum Gasteiger partial charge on any atom is 0.220 e. The minimum atomic E-state index is -3.23. The Kier molecular flexibility index (Phi) is 6.13. The number of benzene rings is 1. The molecular weight excluding hydrogens is 358 g/mol. The van der Waals surface area contributed by atoms with Gasteiger partial charge in [0.25, 0.3) is 0 Å². The van der Waals surface area contributed by atoms with Gasteiger partial charge in [-0.3, -0.25) is 9.59 Å². The van der Waals surface area contributed by atoms with Crippen LogP contribution in [-0.2, 0) is 14.6 Å². The molecular formula is C18H21NO4S2. The molecule has 2 rings (SSSR count). The molecule has 0 aliphatic heterocycles. The molecule has 0 bridgehead atoms. The first-order valence-electron chi connectivity index (χ1n) is 7.86. The SMILES string of the molecule is Cc1ccc(C(=O)CCC(=O)NC(C)c2ccc(S(C)(=O)=O)cc2)s1. The van der Waals surface area contributed by atoms with Crippen LogP contribution in [0.3, 0.4) is 0 Å². The summed E-state index contributed by atoms with van der Waals surface area (Å²) in [4.78, 5) is 26.0. The van der Waals surface area contributed by atoms with Crippen molar-refractivity contribution >= 4 is 32.9 Å². The van der Waals surface area contributed by atoms with Gasteiger partial charge in [0, 0.05) is 24.0 Å². The molecule has 1 aromatic carbocycles. The summed E-state index contributed by atoms with van der Waals surface area (Å²) >= 11 is 1.43. The van der Waals surface area contributed by atoms with Gasteiger partial charge in [0.1, 0.15) is 0 Å². The van der Waals surface area contributed by atoms with Crippen LogP contribution in [0.5, 0.6) is 0 Å². The van der Waals surface area contributed by atoms with Crippen molar-refractivity contribution in [3.63, 3.8) is 0 Å². The predicted octanol–water partition coefficient (Wildman–Crippen LogP) is 3.30. The summed E-state index contributed by atoms with van der Waals surface area (Å²) in [5.41, 5.74) is 0.806. The molecule has 0 saturated heterocycles. The Morgan fingerprint density at radius 1 is 1.08 bits per heavy atom. The Morgan fingerprint density at radius 3 is 2.24 bits per heavy atom. The first-order valence-corrected chi connectivity index (χ1v) is 10.6. The Balaban J connectivity index is 1.88. The van der Waals surface area contributed by atoms with Crippen LogP contribution < -0.4 is 5.32 Å². The molecule has 1 unspecified atom stereocenters. The fourth-order valence-corrected chi connectivity index (χ4v) is 3.80. The van der Waals surface area contributed by atoms with Gasteiger partial charge in [-0.25, -0.2) is 8.42 Å². The van der Waals surface area contributed by atoms with E-state index in [4.69, 9.17) is 0 Å². The summed E-state index contributed by atoms with van der Waals surface area (Å²) in [6, 6.07) is 9.82.